The number of likely N-dealkylation sites (tertiary alicyclic amines) is 1. The molecule has 0 saturated carbocycles. The van der Waals surface area contributed by atoms with Gasteiger partial charge in [0.2, 0.25) is 0 Å². The molecule has 0 bridgehead atoms. The SMILES string of the molecule is CO.O=C(Nc1nc2cncc(-c3cnn(CC4CCCOC4)c3)c2s1)N1CCC2(CCOCC2)C1. The number of carbonyl (C=O) groups is 1. The highest BCUT2D eigenvalue weighted by atomic mass is 32.1. The normalized spacial score (nSPS) is 21.4. The van der Waals surface area contributed by atoms with Crippen molar-refractivity contribution in [3.63, 3.8) is 0 Å². The number of amides is 2. The largest absolute Gasteiger partial charge is 0.400 e. The number of aliphatic hydroxyl groups excluding tert-OH is 1. The molecule has 3 aliphatic rings. The summed E-state index contributed by atoms with van der Waals surface area (Å²) in [7, 11) is 1.00. The Morgan fingerprint density at radius 2 is 2.06 bits per heavy atom. The molecule has 1 spiro atoms. The summed E-state index contributed by atoms with van der Waals surface area (Å²) in [6.07, 6.45) is 13.0. The van der Waals surface area contributed by atoms with Gasteiger partial charge in [0.15, 0.2) is 5.13 Å². The second-order valence-electron chi connectivity index (χ2n) is 9.80. The highest BCUT2D eigenvalue weighted by Crippen LogP contribution is 2.40. The van der Waals surface area contributed by atoms with Crippen molar-refractivity contribution in [2.75, 3.05) is 51.9 Å². The highest BCUT2D eigenvalue weighted by Gasteiger charge is 2.41. The number of hydrogen-bond acceptors (Lipinski definition) is 8. The smallest absolute Gasteiger partial charge is 0.323 e. The van der Waals surface area contributed by atoms with E-state index < -0.39 is 0 Å². The summed E-state index contributed by atoms with van der Waals surface area (Å²) >= 11 is 1.49. The van der Waals surface area contributed by atoms with Crippen LogP contribution >= 0.6 is 11.3 Å². The van der Waals surface area contributed by atoms with E-state index in [4.69, 9.17) is 14.6 Å². The second-order valence-corrected chi connectivity index (χ2v) is 10.8. The second kappa shape index (κ2) is 11.2. The standard InChI is InChI=1S/C24H30N6O3S.CH4O/c31-23(29-6-3-24(16-29)4-8-32-9-5-24)28-22-27-20-12-25-11-19(21(20)34-22)18-10-26-30(14-18)13-17-2-1-7-33-15-17;1-2/h10-12,14,17H,1-9,13,15-16H2,(H,27,28,31);2H,1H3. The van der Waals surface area contributed by atoms with E-state index in [9.17, 15) is 4.79 Å². The lowest BCUT2D eigenvalue weighted by molar-refractivity contribution is 0.0211. The third-order valence-corrected chi connectivity index (χ3v) is 8.46. The maximum Gasteiger partial charge on any atom is 0.323 e. The van der Waals surface area contributed by atoms with Crippen LogP contribution in [0.5, 0.6) is 0 Å². The van der Waals surface area contributed by atoms with E-state index in [1.165, 1.54) is 17.8 Å². The Hall–Kier alpha value is -2.60. The third-order valence-electron chi connectivity index (χ3n) is 7.44. The fourth-order valence-corrected chi connectivity index (χ4v) is 6.38. The van der Waals surface area contributed by atoms with Gasteiger partial charge in [-0.05, 0) is 37.5 Å². The van der Waals surface area contributed by atoms with E-state index >= 15 is 0 Å². The molecular formula is C25H34N6O4S. The summed E-state index contributed by atoms with van der Waals surface area (Å²) in [5.74, 6) is 0.506. The number of thiazole rings is 1. The molecule has 2 amide bonds. The number of nitrogens with zero attached hydrogens (tertiary/aromatic N) is 5. The molecule has 11 heteroatoms. The average Bonchev–Trinajstić information content (AvgIpc) is 3.65. The molecule has 3 aromatic heterocycles. The monoisotopic (exact) mass is 514 g/mol. The van der Waals surface area contributed by atoms with Crippen LogP contribution in [0.15, 0.2) is 24.8 Å². The van der Waals surface area contributed by atoms with Crippen molar-refractivity contribution in [3.8, 4) is 11.1 Å². The highest BCUT2D eigenvalue weighted by molar-refractivity contribution is 7.22. The first kappa shape index (κ1) is 25.1. The van der Waals surface area contributed by atoms with E-state index in [0.717, 1.165) is 100 Å². The van der Waals surface area contributed by atoms with Gasteiger partial charge in [-0.15, -0.1) is 0 Å². The molecule has 3 saturated heterocycles. The molecule has 3 aromatic rings. The first-order valence-electron chi connectivity index (χ1n) is 12.6. The van der Waals surface area contributed by atoms with E-state index in [0.29, 0.717) is 11.0 Å². The summed E-state index contributed by atoms with van der Waals surface area (Å²) in [5, 5.41) is 15.2. The number of ether oxygens (including phenoxy) is 2. The molecule has 0 aromatic carbocycles. The number of fused-ring (bicyclic) bond motifs is 1. The first-order chi connectivity index (χ1) is 17.7. The maximum atomic E-state index is 13.0. The minimum Gasteiger partial charge on any atom is -0.400 e. The van der Waals surface area contributed by atoms with Crippen molar-refractivity contribution in [1.29, 1.82) is 0 Å². The number of hydrogen-bond donors (Lipinski definition) is 2. The van der Waals surface area contributed by atoms with Crippen molar-refractivity contribution < 1.29 is 19.4 Å². The lowest BCUT2D eigenvalue weighted by Gasteiger charge is -2.33. The van der Waals surface area contributed by atoms with E-state index in [2.05, 4.69) is 26.6 Å². The van der Waals surface area contributed by atoms with Gasteiger partial charge in [-0.2, -0.15) is 5.10 Å². The number of aliphatic hydroxyl groups is 1. The van der Waals surface area contributed by atoms with Gasteiger partial charge in [0, 0.05) is 76.0 Å². The summed E-state index contributed by atoms with van der Waals surface area (Å²) < 4.78 is 14.1. The summed E-state index contributed by atoms with van der Waals surface area (Å²) in [6, 6.07) is -0.0700. The van der Waals surface area contributed by atoms with Crippen molar-refractivity contribution in [2.45, 2.75) is 38.6 Å². The van der Waals surface area contributed by atoms with Gasteiger partial charge in [0.25, 0.3) is 0 Å². The number of rotatable bonds is 4. The molecule has 36 heavy (non-hydrogen) atoms. The van der Waals surface area contributed by atoms with Gasteiger partial charge in [-0.25, -0.2) is 9.78 Å². The van der Waals surface area contributed by atoms with Crippen molar-refractivity contribution in [1.82, 2.24) is 24.6 Å². The predicted octanol–water partition coefficient (Wildman–Crippen LogP) is 3.62. The Kier molecular flexibility index (Phi) is 7.80. The Morgan fingerprint density at radius 3 is 2.86 bits per heavy atom. The minimum absolute atomic E-state index is 0.0700. The van der Waals surface area contributed by atoms with Crippen molar-refractivity contribution >= 4 is 32.7 Å². The minimum atomic E-state index is -0.0700. The Morgan fingerprint density at radius 1 is 1.19 bits per heavy atom. The van der Waals surface area contributed by atoms with Crippen LogP contribution in [0.3, 0.4) is 0 Å². The molecule has 10 nitrogen and oxygen atoms in total. The number of carbonyl (C=O) groups excluding carboxylic acids is 1. The van der Waals surface area contributed by atoms with Gasteiger partial charge >= 0.3 is 6.03 Å². The van der Waals surface area contributed by atoms with Gasteiger partial charge < -0.3 is 19.5 Å². The average molecular weight is 515 g/mol. The van der Waals surface area contributed by atoms with E-state index in [1.807, 2.05) is 22.0 Å². The van der Waals surface area contributed by atoms with Gasteiger partial charge in [0.05, 0.1) is 23.7 Å². The van der Waals surface area contributed by atoms with Crippen LogP contribution in [0.2, 0.25) is 0 Å². The fraction of sp³-hybridized carbons (Fsp3) is 0.600. The maximum absolute atomic E-state index is 13.0. The molecule has 3 aliphatic heterocycles. The van der Waals surface area contributed by atoms with Gasteiger partial charge in [-0.3, -0.25) is 15.0 Å². The van der Waals surface area contributed by atoms with Crippen LogP contribution in [0, 0.1) is 11.3 Å². The first-order valence-corrected chi connectivity index (χ1v) is 13.4. The molecule has 1 atom stereocenters. The molecule has 3 fully saturated rings. The zero-order chi connectivity index (χ0) is 25.0. The lowest BCUT2D eigenvalue weighted by atomic mass is 9.80. The van der Waals surface area contributed by atoms with Crippen LogP contribution in [0.4, 0.5) is 9.93 Å². The number of nitrogens with one attached hydrogen (secondary N) is 1. The third kappa shape index (κ3) is 5.39. The molecule has 6 heterocycles. The quantitative estimate of drug-likeness (QED) is 0.546. The number of anilines is 1. The Labute approximate surface area is 214 Å². The van der Waals surface area contributed by atoms with Crippen LogP contribution in [-0.2, 0) is 16.0 Å². The van der Waals surface area contributed by atoms with Crippen LogP contribution in [-0.4, -0.2) is 82.4 Å². The molecule has 0 aliphatic carbocycles. The summed E-state index contributed by atoms with van der Waals surface area (Å²) in [6.45, 7) is 5.71. The van der Waals surface area contributed by atoms with Crippen LogP contribution in [0.25, 0.3) is 21.3 Å². The Bertz CT molecular complexity index is 1170. The molecule has 194 valence electrons. The number of pyridine rings is 1. The van der Waals surface area contributed by atoms with E-state index in [1.54, 1.807) is 6.20 Å². The molecular weight excluding hydrogens is 480 g/mol. The van der Waals surface area contributed by atoms with Gasteiger partial charge in [-0.1, -0.05) is 11.3 Å². The van der Waals surface area contributed by atoms with Crippen molar-refractivity contribution in [3.05, 3.63) is 24.8 Å². The topological polar surface area (TPSA) is 115 Å². The predicted molar refractivity (Wildman–Crippen MR) is 138 cm³/mol. The van der Waals surface area contributed by atoms with Crippen LogP contribution in [0.1, 0.15) is 32.1 Å². The number of urea groups is 1. The molecule has 6 rings (SSSR count). The number of aromatic nitrogens is 4. The zero-order valence-electron chi connectivity index (χ0n) is 20.7. The fourth-order valence-electron chi connectivity index (χ4n) is 5.42. The van der Waals surface area contributed by atoms with Crippen LogP contribution < -0.4 is 5.32 Å². The van der Waals surface area contributed by atoms with Crippen molar-refractivity contribution in [2.24, 2.45) is 11.3 Å². The summed E-state index contributed by atoms with van der Waals surface area (Å²) in [5.41, 5.74) is 3.01. The van der Waals surface area contributed by atoms with Gasteiger partial charge in [0.1, 0.15) is 5.52 Å². The Balaban J connectivity index is 0.00000130. The molecule has 2 N–H and O–H groups in total. The van der Waals surface area contributed by atoms with E-state index in [-0.39, 0.29) is 11.4 Å². The zero-order valence-corrected chi connectivity index (χ0v) is 21.5. The molecule has 1 unspecified atom stereocenters. The lowest BCUT2D eigenvalue weighted by Crippen LogP contribution is -2.37. The summed E-state index contributed by atoms with van der Waals surface area (Å²) in [4.78, 5) is 23.9. The molecule has 0 radical (unpaired) electrons.